The fraction of sp³-hybridized carbons (Fsp3) is 0.417. The Morgan fingerprint density at radius 3 is 3.22 bits per heavy atom. The highest BCUT2D eigenvalue weighted by Gasteiger charge is 2.21. The Kier molecular flexibility index (Phi) is 3.75. The summed E-state index contributed by atoms with van der Waals surface area (Å²) in [5.41, 5.74) is 0.373. The van der Waals surface area contributed by atoms with Crippen molar-refractivity contribution >= 4 is 11.8 Å². The first-order chi connectivity index (χ1) is 8.72. The highest BCUT2D eigenvalue weighted by Crippen LogP contribution is 2.15. The van der Waals surface area contributed by atoms with Gasteiger partial charge in [0.15, 0.2) is 5.82 Å². The topological polar surface area (TPSA) is 78.2 Å². The fourth-order valence-corrected chi connectivity index (χ4v) is 1.77. The molecule has 2 heterocycles. The Balaban J connectivity index is 2.08. The van der Waals surface area contributed by atoms with Crippen LogP contribution in [-0.2, 0) is 4.74 Å². The number of aromatic nitrogens is 1. The lowest BCUT2D eigenvalue weighted by Gasteiger charge is -2.20. The molecular weight excluding hydrogens is 232 g/mol. The second-order valence-electron chi connectivity index (χ2n) is 4.06. The Morgan fingerprint density at radius 1 is 1.72 bits per heavy atom. The zero-order valence-electron chi connectivity index (χ0n) is 10.1. The summed E-state index contributed by atoms with van der Waals surface area (Å²) in [6.07, 6.45) is 2.37. The molecule has 1 atom stereocenters. The zero-order chi connectivity index (χ0) is 13.0. The number of anilines is 1. The van der Waals surface area contributed by atoms with Gasteiger partial charge in [0.1, 0.15) is 6.07 Å². The van der Waals surface area contributed by atoms with Gasteiger partial charge in [-0.3, -0.25) is 4.90 Å². The molecule has 1 fully saturated rings. The third-order valence-electron chi connectivity index (χ3n) is 2.79. The Labute approximate surface area is 105 Å². The van der Waals surface area contributed by atoms with E-state index >= 15 is 0 Å². The normalized spacial score (nSPS) is 18.1. The maximum atomic E-state index is 12.0. The van der Waals surface area contributed by atoms with E-state index in [0.717, 1.165) is 6.42 Å². The standard InChI is InChI=1S/C12H14N4O2/c1-16(11-9(7-13)3-2-5-14-11)12(17)15-10-4-6-18-8-10/h2-3,5,10H,4,6,8H2,1H3,(H,15,17)/t10-/m0/s1. The monoisotopic (exact) mass is 246 g/mol. The average molecular weight is 246 g/mol. The van der Waals surface area contributed by atoms with Crippen molar-refractivity contribution in [2.24, 2.45) is 0 Å². The van der Waals surface area contributed by atoms with E-state index in [0.29, 0.717) is 24.6 Å². The van der Waals surface area contributed by atoms with Gasteiger partial charge in [-0.25, -0.2) is 9.78 Å². The van der Waals surface area contributed by atoms with Crippen LogP contribution in [0.5, 0.6) is 0 Å². The molecule has 18 heavy (non-hydrogen) atoms. The number of ether oxygens (including phenoxy) is 1. The minimum Gasteiger partial charge on any atom is -0.379 e. The number of urea groups is 1. The SMILES string of the molecule is CN(C(=O)N[C@H]1CCOC1)c1ncccc1C#N. The summed E-state index contributed by atoms with van der Waals surface area (Å²) >= 11 is 0. The molecule has 1 aromatic rings. The van der Waals surface area contributed by atoms with E-state index in [2.05, 4.69) is 10.3 Å². The summed E-state index contributed by atoms with van der Waals surface area (Å²) in [4.78, 5) is 17.4. The molecule has 1 N–H and O–H groups in total. The first kappa shape index (κ1) is 12.3. The van der Waals surface area contributed by atoms with Crippen molar-refractivity contribution in [1.29, 1.82) is 5.26 Å². The lowest BCUT2D eigenvalue weighted by atomic mass is 10.2. The van der Waals surface area contributed by atoms with Gasteiger partial charge in [0.05, 0.1) is 18.2 Å². The molecule has 1 aliphatic rings. The smallest absolute Gasteiger partial charge is 0.323 e. The third-order valence-corrected chi connectivity index (χ3v) is 2.79. The molecule has 1 aromatic heterocycles. The quantitative estimate of drug-likeness (QED) is 0.840. The van der Waals surface area contributed by atoms with Gasteiger partial charge >= 0.3 is 6.03 Å². The van der Waals surface area contributed by atoms with Crippen molar-refractivity contribution in [3.8, 4) is 6.07 Å². The van der Waals surface area contributed by atoms with E-state index in [4.69, 9.17) is 10.00 Å². The molecule has 6 heteroatoms. The van der Waals surface area contributed by atoms with E-state index in [1.807, 2.05) is 6.07 Å². The molecule has 0 saturated carbocycles. The van der Waals surface area contributed by atoms with Crippen LogP contribution in [0.3, 0.4) is 0 Å². The second kappa shape index (κ2) is 5.47. The summed E-state index contributed by atoms with van der Waals surface area (Å²) in [6.45, 7) is 1.20. The lowest BCUT2D eigenvalue weighted by Crippen LogP contribution is -2.44. The van der Waals surface area contributed by atoms with Gasteiger partial charge in [0.2, 0.25) is 0 Å². The number of amides is 2. The number of carbonyl (C=O) groups excluding carboxylic acids is 1. The number of hydrogen-bond donors (Lipinski definition) is 1. The second-order valence-corrected chi connectivity index (χ2v) is 4.06. The van der Waals surface area contributed by atoms with Gasteiger partial charge < -0.3 is 10.1 Å². The molecule has 6 nitrogen and oxygen atoms in total. The van der Waals surface area contributed by atoms with Gasteiger partial charge in [0.25, 0.3) is 0 Å². The van der Waals surface area contributed by atoms with Crippen LogP contribution in [0.4, 0.5) is 10.6 Å². The van der Waals surface area contributed by atoms with Crippen LogP contribution in [0.2, 0.25) is 0 Å². The highest BCUT2D eigenvalue weighted by atomic mass is 16.5. The van der Waals surface area contributed by atoms with Crippen LogP contribution in [0.25, 0.3) is 0 Å². The first-order valence-corrected chi connectivity index (χ1v) is 5.69. The predicted octanol–water partition coefficient (Wildman–Crippen LogP) is 0.888. The van der Waals surface area contributed by atoms with E-state index in [1.54, 1.807) is 25.4 Å². The molecule has 1 saturated heterocycles. The zero-order valence-corrected chi connectivity index (χ0v) is 10.1. The molecule has 0 aromatic carbocycles. The van der Waals surface area contributed by atoms with Crippen LogP contribution in [-0.4, -0.2) is 37.3 Å². The molecule has 0 spiro atoms. The molecule has 0 unspecified atom stereocenters. The molecule has 0 radical (unpaired) electrons. The molecule has 1 aliphatic heterocycles. The van der Waals surface area contributed by atoms with Crippen LogP contribution in [0, 0.1) is 11.3 Å². The van der Waals surface area contributed by atoms with Gasteiger partial charge in [-0.2, -0.15) is 5.26 Å². The highest BCUT2D eigenvalue weighted by molar-refractivity contribution is 5.91. The summed E-state index contributed by atoms with van der Waals surface area (Å²) in [7, 11) is 1.59. The van der Waals surface area contributed by atoms with Crippen molar-refractivity contribution in [2.45, 2.75) is 12.5 Å². The van der Waals surface area contributed by atoms with Crippen LogP contribution in [0.1, 0.15) is 12.0 Å². The van der Waals surface area contributed by atoms with Gasteiger partial charge in [-0.15, -0.1) is 0 Å². The minimum absolute atomic E-state index is 0.0363. The van der Waals surface area contributed by atoms with Gasteiger partial charge in [-0.1, -0.05) is 0 Å². The molecule has 2 amide bonds. The van der Waals surface area contributed by atoms with Crippen LogP contribution >= 0.6 is 0 Å². The summed E-state index contributed by atoms with van der Waals surface area (Å²) < 4.78 is 5.19. The van der Waals surface area contributed by atoms with Crippen molar-refractivity contribution in [3.05, 3.63) is 23.9 Å². The minimum atomic E-state index is -0.277. The summed E-state index contributed by atoms with van der Waals surface area (Å²) in [5, 5.41) is 11.8. The van der Waals surface area contributed by atoms with Crippen LogP contribution < -0.4 is 10.2 Å². The number of pyridine rings is 1. The van der Waals surface area contributed by atoms with Gasteiger partial charge in [-0.05, 0) is 18.6 Å². The molecule has 0 aliphatic carbocycles. The van der Waals surface area contributed by atoms with Crippen molar-refractivity contribution in [1.82, 2.24) is 10.3 Å². The van der Waals surface area contributed by atoms with Crippen molar-refractivity contribution in [2.75, 3.05) is 25.2 Å². The summed E-state index contributed by atoms with van der Waals surface area (Å²) in [6, 6.07) is 5.07. The van der Waals surface area contributed by atoms with Crippen molar-refractivity contribution in [3.63, 3.8) is 0 Å². The van der Waals surface area contributed by atoms with Crippen molar-refractivity contribution < 1.29 is 9.53 Å². The number of hydrogen-bond acceptors (Lipinski definition) is 4. The maximum absolute atomic E-state index is 12.0. The van der Waals surface area contributed by atoms with E-state index in [9.17, 15) is 4.79 Å². The number of carbonyl (C=O) groups is 1. The van der Waals surface area contributed by atoms with E-state index < -0.39 is 0 Å². The third kappa shape index (κ3) is 2.57. The van der Waals surface area contributed by atoms with Gasteiger partial charge in [0, 0.05) is 19.9 Å². The average Bonchev–Trinajstić information content (AvgIpc) is 2.90. The number of nitriles is 1. The molecule has 2 rings (SSSR count). The number of rotatable bonds is 2. The van der Waals surface area contributed by atoms with E-state index in [1.165, 1.54) is 4.90 Å². The predicted molar refractivity (Wildman–Crippen MR) is 65.1 cm³/mol. The Hall–Kier alpha value is -2.13. The number of nitrogens with one attached hydrogen (secondary N) is 1. The maximum Gasteiger partial charge on any atom is 0.323 e. The Bertz CT molecular complexity index is 477. The first-order valence-electron chi connectivity index (χ1n) is 5.69. The molecule has 94 valence electrons. The summed E-state index contributed by atoms with van der Waals surface area (Å²) in [5.74, 6) is 0.358. The lowest BCUT2D eigenvalue weighted by molar-refractivity contribution is 0.189. The Morgan fingerprint density at radius 2 is 2.56 bits per heavy atom. The fourth-order valence-electron chi connectivity index (χ4n) is 1.77. The van der Waals surface area contributed by atoms with Crippen LogP contribution in [0.15, 0.2) is 18.3 Å². The largest absolute Gasteiger partial charge is 0.379 e. The molecular formula is C12H14N4O2. The van der Waals surface area contributed by atoms with E-state index in [-0.39, 0.29) is 12.1 Å². The molecule has 0 bridgehead atoms. The number of nitrogens with zero attached hydrogens (tertiary/aromatic N) is 3.